The molecule has 1 aromatic rings. The summed E-state index contributed by atoms with van der Waals surface area (Å²) >= 11 is 0. The van der Waals surface area contributed by atoms with E-state index in [1.54, 1.807) is 12.1 Å². The number of hydrogen-bond acceptors (Lipinski definition) is 2. The first-order chi connectivity index (χ1) is 8.52. The van der Waals surface area contributed by atoms with E-state index in [1.807, 2.05) is 6.07 Å². The second-order valence-electron chi connectivity index (χ2n) is 4.58. The van der Waals surface area contributed by atoms with Crippen molar-refractivity contribution in [1.82, 2.24) is 5.32 Å². The van der Waals surface area contributed by atoms with Crippen LogP contribution in [0.5, 0.6) is 0 Å². The third kappa shape index (κ3) is 2.85. The van der Waals surface area contributed by atoms with Crippen LogP contribution >= 0.6 is 0 Å². The van der Waals surface area contributed by atoms with Crippen molar-refractivity contribution in [2.45, 2.75) is 25.2 Å². The molecule has 1 aromatic carbocycles. The van der Waals surface area contributed by atoms with Gasteiger partial charge in [-0.15, -0.1) is 0 Å². The van der Waals surface area contributed by atoms with Crippen LogP contribution in [0, 0.1) is 0 Å². The Morgan fingerprint density at radius 1 is 1.33 bits per heavy atom. The van der Waals surface area contributed by atoms with E-state index in [0.29, 0.717) is 5.56 Å². The molecule has 0 saturated carbocycles. The molecule has 5 heteroatoms. The molecule has 3 nitrogen and oxygen atoms in total. The highest BCUT2D eigenvalue weighted by atomic mass is 19.3. The van der Waals surface area contributed by atoms with Gasteiger partial charge in [-0.05, 0) is 42.5 Å². The van der Waals surface area contributed by atoms with Crippen molar-refractivity contribution in [2.75, 3.05) is 13.1 Å². The third-order valence-electron chi connectivity index (χ3n) is 3.17. The molecular formula is C13H16F2N2O. The Bertz CT molecular complexity index is 460. The van der Waals surface area contributed by atoms with Gasteiger partial charge in [-0.25, -0.2) is 8.78 Å². The normalized spacial score (nSPS) is 14.4. The van der Waals surface area contributed by atoms with Crippen molar-refractivity contribution in [3.05, 3.63) is 34.9 Å². The molecule has 0 fully saturated rings. The smallest absolute Gasteiger partial charge is 0.277 e. The topological polar surface area (TPSA) is 55.1 Å². The number of benzene rings is 1. The Labute approximate surface area is 104 Å². The minimum Gasteiger partial charge on any atom is -0.346 e. The molecule has 0 aliphatic heterocycles. The standard InChI is InChI=1S/C13H16F2N2O/c14-13(15,7-16)8-17-12(18)11-5-4-9-2-1-3-10(9)6-11/h4-6H,1-3,7-8,16H2,(H,17,18). The second kappa shape index (κ2) is 5.02. The van der Waals surface area contributed by atoms with Crippen LogP contribution in [0.15, 0.2) is 18.2 Å². The van der Waals surface area contributed by atoms with Gasteiger partial charge in [0.2, 0.25) is 0 Å². The fourth-order valence-corrected chi connectivity index (χ4v) is 2.10. The van der Waals surface area contributed by atoms with Gasteiger partial charge >= 0.3 is 0 Å². The summed E-state index contributed by atoms with van der Waals surface area (Å²) in [6.07, 6.45) is 3.07. The van der Waals surface area contributed by atoms with Crippen molar-refractivity contribution in [3.63, 3.8) is 0 Å². The van der Waals surface area contributed by atoms with Gasteiger partial charge in [-0.2, -0.15) is 0 Å². The number of nitrogens with two attached hydrogens (primary N) is 1. The summed E-state index contributed by atoms with van der Waals surface area (Å²) in [5.41, 5.74) is 7.73. The van der Waals surface area contributed by atoms with Gasteiger partial charge in [0.15, 0.2) is 0 Å². The molecule has 0 aromatic heterocycles. The molecule has 0 spiro atoms. The predicted octanol–water partition coefficient (Wildman–Crippen LogP) is 1.50. The summed E-state index contributed by atoms with van der Waals surface area (Å²) < 4.78 is 25.8. The summed E-state index contributed by atoms with van der Waals surface area (Å²) in [6, 6.07) is 5.37. The van der Waals surface area contributed by atoms with Gasteiger partial charge < -0.3 is 11.1 Å². The SMILES string of the molecule is NCC(F)(F)CNC(=O)c1ccc2c(c1)CCC2. The van der Waals surface area contributed by atoms with Crippen LogP contribution in [-0.4, -0.2) is 24.9 Å². The van der Waals surface area contributed by atoms with Crippen molar-refractivity contribution in [1.29, 1.82) is 0 Å². The number of alkyl halides is 2. The van der Waals surface area contributed by atoms with Crippen molar-refractivity contribution >= 4 is 5.91 Å². The number of nitrogens with one attached hydrogen (secondary N) is 1. The summed E-state index contributed by atoms with van der Waals surface area (Å²) in [5.74, 6) is -3.52. The quantitative estimate of drug-likeness (QED) is 0.855. The Morgan fingerprint density at radius 2 is 2.06 bits per heavy atom. The number of carbonyl (C=O) groups excluding carboxylic acids is 1. The van der Waals surface area contributed by atoms with E-state index in [-0.39, 0.29) is 0 Å². The van der Waals surface area contributed by atoms with Crippen LogP contribution in [0.1, 0.15) is 27.9 Å². The average molecular weight is 254 g/mol. The largest absolute Gasteiger partial charge is 0.346 e. The molecule has 0 radical (unpaired) electrons. The summed E-state index contributed by atoms with van der Waals surface area (Å²) in [4.78, 5) is 11.7. The highest BCUT2D eigenvalue weighted by Crippen LogP contribution is 2.22. The molecule has 18 heavy (non-hydrogen) atoms. The molecule has 98 valence electrons. The van der Waals surface area contributed by atoms with Crippen molar-refractivity contribution in [2.24, 2.45) is 5.73 Å². The lowest BCUT2D eigenvalue weighted by molar-refractivity contribution is 0.0118. The fourth-order valence-electron chi connectivity index (χ4n) is 2.10. The molecule has 0 saturated heterocycles. The average Bonchev–Trinajstić information content (AvgIpc) is 2.83. The van der Waals surface area contributed by atoms with Crippen LogP contribution in [-0.2, 0) is 12.8 Å². The van der Waals surface area contributed by atoms with E-state index >= 15 is 0 Å². The lowest BCUT2D eigenvalue weighted by Gasteiger charge is -2.14. The van der Waals surface area contributed by atoms with E-state index in [4.69, 9.17) is 5.73 Å². The zero-order chi connectivity index (χ0) is 13.2. The maximum absolute atomic E-state index is 12.9. The molecule has 0 atom stereocenters. The number of hydrogen-bond donors (Lipinski definition) is 2. The van der Waals surface area contributed by atoms with Gasteiger partial charge in [-0.3, -0.25) is 4.79 Å². The monoisotopic (exact) mass is 254 g/mol. The molecule has 1 amide bonds. The lowest BCUT2D eigenvalue weighted by Crippen LogP contribution is -2.41. The number of carbonyl (C=O) groups is 1. The third-order valence-corrected chi connectivity index (χ3v) is 3.17. The van der Waals surface area contributed by atoms with Crippen molar-refractivity contribution in [3.8, 4) is 0 Å². The van der Waals surface area contributed by atoms with Crippen LogP contribution in [0.3, 0.4) is 0 Å². The molecule has 1 aliphatic carbocycles. The maximum atomic E-state index is 12.9. The van der Waals surface area contributed by atoms with E-state index < -0.39 is 24.9 Å². The highest BCUT2D eigenvalue weighted by Gasteiger charge is 2.27. The molecular weight excluding hydrogens is 238 g/mol. The molecule has 0 bridgehead atoms. The van der Waals surface area contributed by atoms with Gasteiger partial charge in [0.25, 0.3) is 11.8 Å². The molecule has 0 unspecified atom stereocenters. The number of aryl methyl sites for hydroxylation is 2. The minimum absolute atomic E-state index is 0.434. The first kappa shape index (κ1) is 13.0. The summed E-state index contributed by atoms with van der Waals surface area (Å²) in [7, 11) is 0. The van der Waals surface area contributed by atoms with Gasteiger partial charge in [0, 0.05) is 5.56 Å². The van der Waals surface area contributed by atoms with E-state index in [9.17, 15) is 13.6 Å². The van der Waals surface area contributed by atoms with Gasteiger partial charge in [0.1, 0.15) is 0 Å². The van der Waals surface area contributed by atoms with E-state index in [0.717, 1.165) is 24.8 Å². The van der Waals surface area contributed by atoms with Crippen LogP contribution in [0.4, 0.5) is 8.78 Å². The van der Waals surface area contributed by atoms with Gasteiger partial charge in [0.05, 0.1) is 13.1 Å². The zero-order valence-electron chi connectivity index (χ0n) is 10.0. The Hall–Kier alpha value is -1.49. The molecule has 2 rings (SSSR count). The van der Waals surface area contributed by atoms with Crippen molar-refractivity contribution < 1.29 is 13.6 Å². The maximum Gasteiger partial charge on any atom is 0.277 e. The van der Waals surface area contributed by atoms with Crippen LogP contribution in [0.25, 0.3) is 0 Å². The van der Waals surface area contributed by atoms with Gasteiger partial charge in [-0.1, -0.05) is 6.07 Å². The van der Waals surface area contributed by atoms with E-state index in [2.05, 4.69) is 5.32 Å². The number of fused-ring (bicyclic) bond motifs is 1. The number of rotatable bonds is 4. The Kier molecular flexibility index (Phi) is 3.61. The summed E-state index contributed by atoms with van der Waals surface area (Å²) in [5, 5.41) is 2.21. The lowest BCUT2D eigenvalue weighted by atomic mass is 10.1. The van der Waals surface area contributed by atoms with E-state index in [1.165, 1.54) is 5.56 Å². The highest BCUT2D eigenvalue weighted by molar-refractivity contribution is 5.94. The summed E-state index contributed by atoms with van der Waals surface area (Å²) in [6.45, 7) is -1.49. The number of halogens is 2. The molecule has 0 heterocycles. The second-order valence-corrected chi connectivity index (χ2v) is 4.58. The molecule has 1 aliphatic rings. The molecule has 3 N–H and O–H groups in total. The predicted molar refractivity (Wildman–Crippen MR) is 64.8 cm³/mol. The first-order valence-corrected chi connectivity index (χ1v) is 6.00. The Morgan fingerprint density at radius 3 is 2.78 bits per heavy atom. The Balaban J connectivity index is 2.01. The van der Waals surface area contributed by atoms with Crippen LogP contribution < -0.4 is 11.1 Å². The fraction of sp³-hybridized carbons (Fsp3) is 0.462. The zero-order valence-corrected chi connectivity index (χ0v) is 10.0. The van der Waals surface area contributed by atoms with Crippen LogP contribution in [0.2, 0.25) is 0 Å². The number of amides is 1. The minimum atomic E-state index is -3.05. The first-order valence-electron chi connectivity index (χ1n) is 6.00.